The maximum atomic E-state index is 12.4. The fourth-order valence-corrected chi connectivity index (χ4v) is 3.51. The molecule has 3 aromatic rings. The highest BCUT2D eigenvalue weighted by molar-refractivity contribution is 5.91. The first kappa shape index (κ1) is 18.4. The monoisotopic (exact) mass is 376 g/mol. The molecule has 4 rings (SSSR count). The first-order chi connectivity index (χ1) is 13.7. The smallest absolute Gasteiger partial charge is 0.228 e. The normalized spacial score (nSPS) is 15.5. The van der Waals surface area contributed by atoms with E-state index in [9.17, 15) is 4.79 Å². The van der Waals surface area contributed by atoms with E-state index >= 15 is 0 Å². The van der Waals surface area contributed by atoms with Crippen LogP contribution < -0.4 is 5.32 Å². The van der Waals surface area contributed by atoms with Gasteiger partial charge in [-0.25, -0.2) is 9.97 Å². The Balaban J connectivity index is 1.32. The number of hydrogen-bond donors (Lipinski definition) is 1. The van der Waals surface area contributed by atoms with E-state index in [4.69, 9.17) is 4.42 Å². The number of nitrogens with zero attached hydrogens (tertiary/aromatic N) is 3. The summed E-state index contributed by atoms with van der Waals surface area (Å²) in [6.07, 6.45) is 3.35. The van der Waals surface area contributed by atoms with Crippen LogP contribution in [0.3, 0.4) is 0 Å². The van der Waals surface area contributed by atoms with Gasteiger partial charge in [-0.1, -0.05) is 24.3 Å². The molecule has 1 N–H and O–H groups in total. The average Bonchev–Trinajstić information content (AvgIpc) is 3.10. The van der Waals surface area contributed by atoms with Crippen molar-refractivity contribution in [3.8, 4) is 11.5 Å². The summed E-state index contributed by atoms with van der Waals surface area (Å²) in [5, 5.41) is 2.91. The van der Waals surface area contributed by atoms with Gasteiger partial charge in [-0.3, -0.25) is 9.69 Å². The zero-order valence-electron chi connectivity index (χ0n) is 16.0. The lowest BCUT2D eigenvalue weighted by atomic mass is 9.96. The third-order valence-corrected chi connectivity index (χ3v) is 5.16. The Labute approximate surface area is 164 Å². The van der Waals surface area contributed by atoms with Crippen LogP contribution in [0, 0.1) is 12.8 Å². The van der Waals surface area contributed by atoms with Gasteiger partial charge in [0.2, 0.25) is 11.8 Å². The van der Waals surface area contributed by atoms with Gasteiger partial charge in [0.25, 0.3) is 0 Å². The van der Waals surface area contributed by atoms with Crippen LogP contribution in [0.4, 0.5) is 5.82 Å². The molecule has 6 nitrogen and oxygen atoms in total. The van der Waals surface area contributed by atoms with Crippen molar-refractivity contribution in [2.45, 2.75) is 26.3 Å². The number of nitrogens with one attached hydrogen (secondary N) is 1. The van der Waals surface area contributed by atoms with Gasteiger partial charge in [0.1, 0.15) is 11.6 Å². The molecule has 1 aliphatic rings. The summed E-state index contributed by atoms with van der Waals surface area (Å²) in [7, 11) is 0. The Hall–Kier alpha value is -2.99. The number of carbonyl (C=O) groups excluding carboxylic acids is 1. The second kappa shape index (κ2) is 8.35. The number of carbonyl (C=O) groups is 1. The standard InChI is InChI=1S/C22H24N4O2/c1-16-19(24-22(28-16)18-7-3-2-4-8-18)15-26-13-10-17(11-14-26)21(27)25-20-9-5-6-12-23-20/h2-9,12,17H,10-11,13-15H2,1H3,(H,23,25,27). The van der Waals surface area contributed by atoms with E-state index < -0.39 is 0 Å². The van der Waals surface area contributed by atoms with Crippen LogP contribution in [0.25, 0.3) is 11.5 Å². The molecule has 0 saturated carbocycles. The van der Waals surface area contributed by atoms with Gasteiger partial charge < -0.3 is 9.73 Å². The molecule has 28 heavy (non-hydrogen) atoms. The highest BCUT2D eigenvalue weighted by Gasteiger charge is 2.26. The fraction of sp³-hybridized carbons (Fsp3) is 0.318. The largest absolute Gasteiger partial charge is 0.441 e. The highest BCUT2D eigenvalue weighted by atomic mass is 16.4. The van der Waals surface area contributed by atoms with Crippen molar-refractivity contribution in [1.29, 1.82) is 0 Å². The number of anilines is 1. The number of hydrogen-bond acceptors (Lipinski definition) is 5. The molecule has 2 aromatic heterocycles. The van der Waals surface area contributed by atoms with Crippen LogP contribution in [-0.4, -0.2) is 33.9 Å². The zero-order chi connectivity index (χ0) is 19.3. The SMILES string of the molecule is Cc1oc(-c2ccccc2)nc1CN1CCC(C(=O)Nc2ccccn2)CC1. The van der Waals surface area contributed by atoms with Gasteiger partial charge in [0.15, 0.2) is 0 Å². The third kappa shape index (κ3) is 4.28. The Bertz CT molecular complexity index is 916. The van der Waals surface area contributed by atoms with E-state index in [0.717, 1.165) is 49.5 Å². The first-order valence-corrected chi connectivity index (χ1v) is 9.65. The number of rotatable bonds is 5. The number of benzene rings is 1. The molecule has 0 spiro atoms. The number of likely N-dealkylation sites (tertiary alicyclic amines) is 1. The number of amides is 1. The summed E-state index contributed by atoms with van der Waals surface area (Å²) in [6.45, 7) is 4.44. The molecular formula is C22H24N4O2. The minimum Gasteiger partial charge on any atom is -0.441 e. The molecule has 1 fully saturated rings. The van der Waals surface area contributed by atoms with E-state index in [0.29, 0.717) is 11.7 Å². The highest BCUT2D eigenvalue weighted by Crippen LogP contribution is 2.24. The van der Waals surface area contributed by atoms with Crippen LogP contribution in [0.15, 0.2) is 59.1 Å². The molecule has 0 unspecified atom stereocenters. The number of piperidine rings is 1. The maximum Gasteiger partial charge on any atom is 0.228 e. The predicted molar refractivity (Wildman–Crippen MR) is 108 cm³/mol. The van der Waals surface area contributed by atoms with Gasteiger partial charge in [-0.05, 0) is 57.1 Å². The van der Waals surface area contributed by atoms with Crippen molar-refractivity contribution in [2.75, 3.05) is 18.4 Å². The van der Waals surface area contributed by atoms with E-state index in [1.165, 1.54) is 0 Å². The van der Waals surface area contributed by atoms with Crippen LogP contribution in [0.1, 0.15) is 24.3 Å². The molecular weight excluding hydrogens is 352 g/mol. The minimum absolute atomic E-state index is 0.0246. The molecule has 3 heterocycles. The van der Waals surface area contributed by atoms with Crippen molar-refractivity contribution in [1.82, 2.24) is 14.9 Å². The number of pyridine rings is 1. The van der Waals surface area contributed by atoms with E-state index in [1.807, 2.05) is 55.5 Å². The van der Waals surface area contributed by atoms with Crippen LogP contribution >= 0.6 is 0 Å². The van der Waals surface area contributed by atoms with Gasteiger partial charge >= 0.3 is 0 Å². The van der Waals surface area contributed by atoms with Gasteiger partial charge in [-0.15, -0.1) is 0 Å². The van der Waals surface area contributed by atoms with Crippen molar-refractivity contribution in [2.24, 2.45) is 5.92 Å². The summed E-state index contributed by atoms with van der Waals surface area (Å²) in [4.78, 5) is 23.6. The second-order valence-corrected chi connectivity index (χ2v) is 7.14. The summed E-state index contributed by atoms with van der Waals surface area (Å²) in [5.74, 6) is 2.21. The first-order valence-electron chi connectivity index (χ1n) is 9.65. The Morgan fingerprint density at radius 2 is 1.89 bits per heavy atom. The van der Waals surface area contributed by atoms with Gasteiger partial charge in [0.05, 0.1) is 5.69 Å². The molecule has 0 atom stereocenters. The maximum absolute atomic E-state index is 12.4. The van der Waals surface area contributed by atoms with E-state index in [2.05, 4.69) is 20.2 Å². The molecule has 0 aliphatic carbocycles. The van der Waals surface area contributed by atoms with Crippen molar-refractivity contribution in [3.05, 3.63) is 66.2 Å². The van der Waals surface area contributed by atoms with Crippen molar-refractivity contribution in [3.63, 3.8) is 0 Å². The molecule has 0 bridgehead atoms. The topological polar surface area (TPSA) is 71.3 Å². The number of oxazole rings is 1. The molecule has 1 aliphatic heterocycles. The quantitative estimate of drug-likeness (QED) is 0.731. The minimum atomic E-state index is 0.0246. The Kier molecular flexibility index (Phi) is 5.48. The average molecular weight is 376 g/mol. The molecule has 1 saturated heterocycles. The summed E-state index contributed by atoms with van der Waals surface area (Å²) in [5.41, 5.74) is 1.96. The van der Waals surface area contributed by atoms with Crippen LogP contribution in [0.2, 0.25) is 0 Å². The molecule has 6 heteroatoms. The lowest BCUT2D eigenvalue weighted by Gasteiger charge is -2.30. The van der Waals surface area contributed by atoms with E-state index in [1.54, 1.807) is 6.20 Å². The molecule has 144 valence electrons. The van der Waals surface area contributed by atoms with Crippen LogP contribution in [-0.2, 0) is 11.3 Å². The predicted octanol–water partition coefficient (Wildman–Crippen LogP) is 3.90. The van der Waals surface area contributed by atoms with Crippen molar-refractivity contribution >= 4 is 11.7 Å². The summed E-state index contributed by atoms with van der Waals surface area (Å²) < 4.78 is 5.86. The van der Waals surface area contributed by atoms with Gasteiger partial charge in [0, 0.05) is 24.2 Å². The summed E-state index contributed by atoms with van der Waals surface area (Å²) >= 11 is 0. The fourth-order valence-electron chi connectivity index (χ4n) is 3.51. The molecule has 1 aromatic carbocycles. The molecule has 0 radical (unpaired) electrons. The Morgan fingerprint density at radius 1 is 1.14 bits per heavy atom. The second-order valence-electron chi connectivity index (χ2n) is 7.14. The van der Waals surface area contributed by atoms with Crippen LogP contribution in [0.5, 0.6) is 0 Å². The van der Waals surface area contributed by atoms with Gasteiger partial charge in [-0.2, -0.15) is 0 Å². The number of aromatic nitrogens is 2. The van der Waals surface area contributed by atoms with E-state index in [-0.39, 0.29) is 11.8 Å². The molecule has 1 amide bonds. The lowest BCUT2D eigenvalue weighted by Crippen LogP contribution is -2.38. The third-order valence-electron chi connectivity index (χ3n) is 5.16. The zero-order valence-corrected chi connectivity index (χ0v) is 16.0. The Morgan fingerprint density at radius 3 is 2.61 bits per heavy atom. The lowest BCUT2D eigenvalue weighted by molar-refractivity contribution is -0.121. The number of aryl methyl sites for hydroxylation is 1. The van der Waals surface area contributed by atoms with Crippen molar-refractivity contribution < 1.29 is 9.21 Å². The summed E-state index contributed by atoms with van der Waals surface area (Å²) in [6, 6.07) is 15.5.